The summed E-state index contributed by atoms with van der Waals surface area (Å²) >= 11 is 0. The number of piperazine rings is 1. The number of halogens is 1. The predicted octanol–water partition coefficient (Wildman–Crippen LogP) is 2.19. The highest BCUT2D eigenvalue weighted by atomic mass is 19.1. The predicted molar refractivity (Wildman–Crippen MR) is 158 cm³/mol. The van der Waals surface area contributed by atoms with Crippen molar-refractivity contribution in [3.05, 3.63) is 53.0 Å². The molecule has 4 heterocycles. The van der Waals surface area contributed by atoms with E-state index in [0.29, 0.717) is 30.9 Å². The van der Waals surface area contributed by atoms with Gasteiger partial charge >= 0.3 is 0 Å². The van der Waals surface area contributed by atoms with Gasteiger partial charge in [-0.15, -0.1) is 0 Å². The molecule has 0 radical (unpaired) electrons. The fraction of sp³-hybridized carbons (Fsp3) is 0.581. The Hall–Kier alpha value is -3.12. The zero-order valence-corrected chi connectivity index (χ0v) is 25.2. The van der Waals surface area contributed by atoms with Gasteiger partial charge in [0.1, 0.15) is 23.8 Å². The number of ether oxygens (including phenoxy) is 2. The number of hydrogen-bond donors (Lipinski definition) is 2. The molecule has 2 saturated heterocycles. The number of hydrogen-bond acceptors (Lipinski definition) is 8. The van der Waals surface area contributed by atoms with Crippen LogP contribution in [-0.4, -0.2) is 102 Å². The molecule has 1 aromatic heterocycles. The molecule has 42 heavy (non-hydrogen) atoms. The molecule has 0 aliphatic carbocycles. The lowest BCUT2D eigenvalue weighted by atomic mass is 9.97. The molecule has 10 nitrogen and oxygen atoms in total. The number of nitrogens with one attached hydrogen (secondary N) is 1. The van der Waals surface area contributed by atoms with Gasteiger partial charge in [0.05, 0.1) is 25.8 Å². The van der Waals surface area contributed by atoms with Crippen molar-refractivity contribution >= 4 is 17.5 Å². The molecule has 0 unspecified atom stereocenters. The first-order valence-corrected chi connectivity index (χ1v) is 14.8. The third-order valence-electron chi connectivity index (χ3n) is 8.62. The Kier molecular flexibility index (Phi) is 8.84. The molecule has 0 saturated carbocycles. The summed E-state index contributed by atoms with van der Waals surface area (Å²) in [6, 6.07) is 8.27. The zero-order chi connectivity index (χ0) is 30.2. The third-order valence-corrected chi connectivity index (χ3v) is 8.62. The van der Waals surface area contributed by atoms with Gasteiger partial charge in [-0.05, 0) is 70.4 Å². The van der Waals surface area contributed by atoms with E-state index < -0.39 is 5.91 Å². The Balaban J connectivity index is 1.41. The molecule has 1 aromatic carbocycles. The average Bonchev–Trinajstić information content (AvgIpc) is 2.92. The minimum absolute atomic E-state index is 0.0539. The first-order valence-electron chi connectivity index (χ1n) is 14.8. The van der Waals surface area contributed by atoms with E-state index in [0.717, 1.165) is 25.2 Å². The van der Waals surface area contributed by atoms with Crippen LogP contribution in [0, 0.1) is 5.82 Å². The fourth-order valence-electron chi connectivity index (χ4n) is 6.42. The second-order valence-corrected chi connectivity index (χ2v) is 12.6. The van der Waals surface area contributed by atoms with Crippen molar-refractivity contribution in [1.29, 1.82) is 0 Å². The molecule has 3 aliphatic rings. The van der Waals surface area contributed by atoms with Crippen LogP contribution in [0.1, 0.15) is 56.2 Å². The Bertz CT molecular complexity index is 1310. The van der Waals surface area contributed by atoms with E-state index >= 15 is 0 Å². The average molecular weight is 583 g/mol. The molecule has 2 aromatic rings. The number of anilines is 1. The Morgan fingerprint density at radius 2 is 1.88 bits per heavy atom. The summed E-state index contributed by atoms with van der Waals surface area (Å²) in [6.07, 6.45) is 0.306. The summed E-state index contributed by atoms with van der Waals surface area (Å²) in [6.45, 7) is 14.9. The van der Waals surface area contributed by atoms with Crippen molar-refractivity contribution in [3.63, 3.8) is 0 Å². The van der Waals surface area contributed by atoms with Crippen molar-refractivity contribution in [3.8, 4) is 5.88 Å². The molecular formula is C31H43FN6O4. The maximum atomic E-state index is 14.1. The molecule has 11 heteroatoms. The van der Waals surface area contributed by atoms with Crippen LogP contribution in [0.3, 0.4) is 0 Å². The monoisotopic (exact) mass is 582 g/mol. The lowest BCUT2D eigenvalue weighted by Gasteiger charge is -2.50. The molecule has 0 bridgehead atoms. The van der Waals surface area contributed by atoms with Gasteiger partial charge < -0.3 is 25.4 Å². The summed E-state index contributed by atoms with van der Waals surface area (Å²) in [5.41, 5.74) is 7.53. The number of aromatic nitrogens is 1. The Morgan fingerprint density at radius 1 is 1.14 bits per heavy atom. The van der Waals surface area contributed by atoms with Gasteiger partial charge in [0.25, 0.3) is 5.91 Å². The number of nitrogens with zero attached hydrogens (tertiary/aromatic N) is 4. The van der Waals surface area contributed by atoms with Crippen LogP contribution in [0.4, 0.5) is 10.1 Å². The van der Waals surface area contributed by atoms with E-state index in [9.17, 15) is 14.0 Å². The van der Waals surface area contributed by atoms with E-state index in [2.05, 4.69) is 47.8 Å². The molecular weight excluding hydrogens is 539 g/mol. The molecule has 3 N–H and O–H groups in total. The number of fused-ring (bicyclic) bond motifs is 1. The van der Waals surface area contributed by atoms with E-state index in [1.165, 1.54) is 12.1 Å². The van der Waals surface area contributed by atoms with Gasteiger partial charge in [-0.1, -0.05) is 12.1 Å². The second-order valence-electron chi connectivity index (χ2n) is 12.6. The molecule has 2 amide bonds. The quantitative estimate of drug-likeness (QED) is 0.511. The van der Waals surface area contributed by atoms with Gasteiger partial charge in [-0.25, -0.2) is 9.37 Å². The van der Waals surface area contributed by atoms with Crippen molar-refractivity contribution in [2.24, 2.45) is 5.73 Å². The molecule has 2 fully saturated rings. The van der Waals surface area contributed by atoms with Gasteiger partial charge in [0, 0.05) is 43.3 Å². The maximum Gasteiger partial charge on any atom is 0.267 e. The SMILES string of the molecule is C[C@@H]1CN(CC(=O)N2c3cc(Cc4ccc(F)cc4)c(C(N)=O)nc3OC[C@@H]2C)[C@@H](CN2[C@H](C)COCC2(C)C)CN1. The van der Waals surface area contributed by atoms with Crippen LogP contribution >= 0.6 is 0 Å². The lowest BCUT2D eigenvalue weighted by Crippen LogP contribution is -2.66. The summed E-state index contributed by atoms with van der Waals surface area (Å²) < 4.78 is 25.2. The highest BCUT2D eigenvalue weighted by Crippen LogP contribution is 2.35. The van der Waals surface area contributed by atoms with Gasteiger partial charge in [-0.3, -0.25) is 19.4 Å². The number of nitrogens with two attached hydrogens (primary N) is 1. The first-order chi connectivity index (χ1) is 19.9. The van der Waals surface area contributed by atoms with Crippen molar-refractivity contribution in [2.75, 3.05) is 50.9 Å². The summed E-state index contributed by atoms with van der Waals surface area (Å²) in [5, 5.41) is 3.60. The normalized spacial score (nSPS) is 26.4. The van der Waals surface area contributed by atoms with Gasteiger partial charge in [-0.2, -0.15) is 0 Å². The Morgan fingerprint density at radius 3 is 2.57 bits per heavy atom. The van der Waals surface area contributed by atoms with Crippen LogP contribution in [0.15, 0.2) is 30.3 Å². The standard InChI is InChI=1S/C31H43FN6O4/c1-19-13-36(25(12-34-19)14-37-20(2)16-41-18-31(37,4)5)15-27(39)38-21(3)17-42-30-26(38)11-23(28(35-30)29(33)40)10-22-6-8-24(32)9-7-22/h6-9,11,19-21,25,34H,10,12-18H2,1-5H3,(H2,33,40)/t19-,20-,21+,25-/m1/s1. The van der Waals surface area contributed by atoms with Crippen LogP contribution < -0.4 is 20.7 Å². The highest BCUT2D eigenvalue weighted by Gasteiger charge is 2.40. The number of pyridine rings is 1. The van der Waals surface area contributed by atoms with Crippen LogP contribution in [0.25, 0.3) is 0 Å². The number of morpholine rings is 1. The molecule has 3 aliphatic heterocycles. The second kappa shape index (κ2) is 12.2. The smallest absolute Gasteiger partial charge is 0.267 e. The van der Waals surface area contributed by atoms with E-state index in [-0.39, 0.29) is 66.2 Å². The largest absolute Gasteiger partial charge is 0.474 e. The Labute approximate surface area is 247 Å². The molecule has 5 rings (SSSR count). The number of primary amides is 1. The molecule has 0 spiro atoms. The van der Waals surface area contributed by atoms with E-state index in [1.54, 1.807) is 23.1 Å². The minimum Gasteiger partial charge on any atom is -0.474 e. The van der Waals surface area contributed by atoms with Crippen LogP contribution in [0.5, 0.6) is 5.88 Å². The van der Waals surface area contributed by atoms with E-state index in [4.69, 9.17) is 15.2 Å². The lowest BCUT2D eigenvalue weighted by molar-refractivity contribution is -0.123. The fourth-order valence-corrected chi connectivity index (χ4v) is 6.42. The summed E-state index contributed by atoms with van der Waals surface area (Å²) in [5.74, 6) is -0.870. The van der Waals surface area contributed by atoms with E-state index in [1.807, 2.05) is 6.92 Å². The summed E-state index contributed by atoms with van der Waals surface area (Å²) in [4.78, 5) is 37.4. The van der Waals surface area contributed by atoms with Crippen LogP contribution in [0.2, 0.25) is 0 Å². The summed E-state index contributed by atoms with van der Waals surface area (Å²) in [7, 11) is 0. The minimum atomic E-state index is -0.687. The number of carbonyl (C=O) groups is 2. The number of amides is 2. The van der Waals surface area contributed by atoms with Crippen molar-refractivity contribution in [1.82, 2.24) is 20.1 Å². The number of carbonyl (C=O) groups excluding carboxylic acids is 2. The number of rotatable bonds is 7. The number of benzene rings is 1. The first kappa shape index (κ1) is 30.3. The highest BCUT2D eigenvalue weighted by molar-refractivity contribution is 5.98. The molecule has 4 atom stereocenters. The zero-order valence-electron chi connectivity index (χ0n) is 25.2. The van der Waals surface area contributed by atoms with Crippen molar-refractivity contribution < 1.29 is 23.5 Å². The van der Waals surface area contributed by atoms with Gasteiger partial charge in [0.2, 0.25) is 11.8 Å². The van der Waals surface area contributed by atoms with Crippen molar-refractivity contribution in [2.45, 2.75) is 70.7 Å². The molecule has 228 valence electrons. The van der Waals surface area contributed by atoms with Gasteiger partial charge in [0.15, 0.2) is 0 Å². The maximum absolute atomic E-state index is 14.1. The van der Waals surface area contributed by atoms with Crippen LogP contribution in [-0.2, 0) is 16.0 Å². The third kappa shape index (κ3) is 6.44. The topological polar surface area (TPSA) is 113 Å².